The van der Waals surface area contributed by atoms with Crippen LogP contribution >= 0.6 is 0 Å². The molecule has 112 valence electrons. The van der Waals surface area contributed by atoms with Crippen LogP contribution in [0.1, 0.15) is 52.9 Å². The molecule has 1 rings (SSSR count). The molecule has 0 saturated carbocycles. The van der Waals surface area contributed by atoms with Crippen molar-refractivity contribution in [2.24, 2.45) is 5.92 Å². The number of amides is 1. The number of hydrogen-bond donors (Lipinski definition) is 2. The molecule has 0 aromatic carbocycles. The van der Waals surface area contributed by atoms with E-state index < -0.39 is 0 Å². The van der Waals surface area contributed by atoms with E-state index in [-0.39, 0.29) is 18.6 Å². The molecule has 1 heterocycles. The van der Waals surface area contributed by atoms with Crippen molar-refractivity contribution in [1.82, 2.24) is 10.2 Å². The molecule has 4 nitrogen and oxygen atoms in total. The molecule has 1 aliphatic heterocycles. The maximum Gasteiger partial charge on any atom is 0.237 e. The van der Waals surface area contributed by atoms with Crippen LogP contribution in [0.3, 0.4) is 0 Å². The summed E-state index contributed by atoms with van der Waals surface area (Å²) in [6.07, 6.45) is 5.28. The molecule has 2 N–H and O–H groups in total. The van der Waals surface area contributed by atoms with Crippen molar-refractivity contribution in [1.29, 1.82) is 0 Å². The van der Waals surface area contributed by atoms with Crippen molar-refractivity contribution in [3.63, 3.8) is 0 Å². The third kappa shape index (κ3) is 5.49. The third-order valence-corrected chi connectivity index (χ3v) is 4.03. The van der Waals surface area contributed by atoms with Gasteiger partial charge in [-0.25, -0.2) is 0 Å². The fourth-order valence-corrected chi connectivity index (χ4v) is 2.77. The molecule has 0 bridgehead atoms. The van der Waals surface area contributed by atoms with E-state index in [4.69, 9.17) is 5.11 Å². The van der Waals surface area contributed by atoms with Gasteiger partial charge in [-0.1, -0.05) is 20.3 Å². The second-order valence-electron chi connectivity index (χ2n) is 6.05. The highest BCUT2D eigenvalue weighted by Gasteiger charge is 2.29. The lowest BCUT2D eigenvalue weighted by Crippen LogP contribution is -2.52. The SMILES string of the molecule is CC(C)CCNC(=O)C(C)N1CCCCC1CCO. The Kier molecular flexibility index (Phi) is 7.39. The van der Waals surface area contributed by atoms with Gasteiger partial charge in [0.2, 0.25) is 5.91 Å². The Labute approximate surface area is 117 Å². The van der Waals surface area contributed by atoms with E-state index in [0.717, 1.165) is 38.8 Å². The number of nitrogens with zero attached hydrogens (tertiary/aromatic N) is 1. The molecule has 1 aliphatic rings. The largest absolute Gasteiger partial charge is 0.396 e. The monoisotopic (exact) mass is 270 g/mol. The van der Waals surface area contributed by atoms with E-state index >= 15 is 0 Å². The zero-order valence-electron chi connectivity index (χ0n) is 12.7. The zero-order chi connectivity index (χ0) is 14.3. The van der Waals surface area contributed by atoms with Gasteiger partial charge in [-0.15, -0.1) is 0 Å². The minimum absolute atomic E-state index is 0.0796. The average Bonchev–Trinajstić information content (AvgIpc) is 2.38. The van der Waals surface area contributed by atoms with Crippen LogP contribution in [0.2, 0.25) is 0 Å². The molecule has 2 atom stereocenters. The van der Waals surface area contributed by atoms with Gasteiger partial charge < -0.3 is 10.4 Å². The minimum Gasteiger partial charge on any atom is -0.396 e. The quantitative estimate of drug-likeness (QED) is 0.741. The molecule has 0 spiro atoms. The molecular weight excluding hydrogens is 240 g/mol. The molecule has 1 saturated heterocycles. The normalized spacial score (nSPS) is 22.5. The van der Waals surface area contributed by atoms with E-state index in [1.165, 1.54) is 6.42 Å². The Morgan fingerprint density at radius 1 is 1.37 bits per heavy atom. The van der Waals surface area contributed by atoms with Gasteiger partial charge in [0.1, 0.15) is 0 Å². The van der Waals surface area contributed by atoms with Crippen molar-refractivity contribution >= 4 is 5.91 Å². The number of nitrogens with one attached hydrogen (secondary N) is 1. The van der Waals surface area contributed by atoms with Crippen LogP contribution in [0.5, 0.6) is 0 Å². The summed E-state index contributed by atoms with van der Waals surface area (Å²) in [6, 6.07) is 0.286. The molecule has 4 heteroatoms. The van der Waals surface area contributed by atoms with Gasteiger partial charge in [0.05, 0.1) is 6.04 Å². The van der Waals surface area contributed by atoms with Gasteiger partial charge in [-0.2, -0.15) is 0 Å². The van der Waals surface area contributed by atoms with Crippen molar-refractivity contribution in [2.75, 3.05) is 19.7 Å². The van der Waals surface area contributed by atoms with Crippen molar-refractivity contribution in [3.8, 4) is 0 Å². The van der Waals surface area contributed by atoms with E-state index in [9.17, 15) is 4.79 Å². The molecule has 0 aromatic rings. The molecule has 19 heavy (non-hydrogen) atoms. The molecule has 2 unspecified atom stereocenters. The number of carbonyl (C=O) groups excluding carboxylic acids is 1. The fourth-order valence-electron chi connectivity index (χ4n) is 2.77. The Hall–Kier alpha value is -0.610. The van der Waals surface area contributed by atoms with Crippen LogP contribution in [0.15, 0.2) is 0 Å². The number of rotatable bonds is 7. The average molecular weight is 270 g/mol. The van der Waals surface area contributed by atoms with Crippen molar-refractivity contribution < 1.29 is 9.90 Å². The number of hydrogen-bond acceptors (Lipinski definition) is 3. The van der Waals surface area contributed by atoms with Gasteiger partial charge in [0, 0.05) is 19.2 Å². The molecule has 0 radical (unpaired) electrons. The first kappa shape index (κ1) is 16.4. The van der Waals surface area contributed by atoms with E-state index in [2.05, 4.69) is 24.1 Å². The van der Waals surface area contributed by atoms with Crippen LogP contribution in [-0.2, 0) is 4.79 Å². The predicted molar refractivity (Wildman–Crippen MR) is 78.0 cm³/mol. The van der Waals surface area contributed by atoms with Crippen LogP contribution in [0.25, 0.3) is 0 Å². The predicted octanol–water partition coefficient (Wildman–Crippen LogP) is 1.77. The summed E-state index contributed by atoms with van der Waals surface area (Å²) < 4.78 is 0. The molecule has 0 aliphatic carbocycles. The van der Waals surface area contributed by atoms with Crippen LogP contribution in [-0.4, -0.2) is 47.7 Å². The first-order valence-electron chi connectivity index (χ1n) is 7.70. The molecule has 1 fully saturated rings. The Bertz CT molecular complexity index is 267. The van der Waals surface area contributed by atoms with E-state index in [0.29, 0.717) is 12.0 Å². The smallest absolute Gasteiger partial charge is 0.237 e. The van der Waals surface area contributed by atoms with Crippen LogP contribution in [0.4, 0.5) is 0 Å². The van der Waals surface area contributed by atoms with Crippen molar-refractivity contribution in [3.05, 3.63) is 0 Å². The second kappa shape index (κ2) is 8.54. The summed E-state index contributed by atoms with van der Waals surface area (Å²) in [5, 5.41) is 12.2. The van der Waals surface area contributed by atoms with Crippen LogP contribution in [0, 0.1) is 5.92 Å². The minimum atomic E-state index is -0.0796. The summed E-state index contributed by atoms with van der Waals surface area (Å²) >= 11 is 0. The van der Waals surface area contributed by atoms with E-state index in [1.54, 1.807) is 0 Å². The Morgan fingerprint density at radius 2 is 2.11 bits per heavy atom. The number of aliphatic hydroxyl groups excluding tert-OH is 1. The highest BCUT2D eigenvalue weighted by atomic mass is 16.3. The van der Waals surface area contributed by atoms with Crippen LogP contribution < -0.4 is 5.32 Å². The summed E-state index contributed by atoms with van der Waals surface area (Å²) in [5.41, 5.74) is 0. The highest BCUT2D eigenvalue weighted by molar-refractivity contribution is 5.81. The fraction of sp³-hybridized carbons (Fsp3) is 0.933. The van der Waals surface area contributed by atoms with Crippen molar-refractivity contribution in [2.45, 2.75) is 65.0 Å². The van der Waals surface area contributed by atoms with Gasteiger partial charge in [0.15, 0.2) is 0 Å². The first-order chi connectivity index (χ1) is 9.06. The summed E-state index contributed by atoms with van der Waals surface area (Å²) in [4.78, 5) is 14.4. The zero-order valence-corrected chi connectivity index (χ0v) is 12.7. The third-order valence-electron chi connectivity index (χ3n) is 4.03. The molecule has 1 amide bonds. The summed E-state index contributed by atoms with van der Waals surface area (Å²) in [7, 11) is 0. The molecular formula is C15H30N2O2. The highest BCUT2D eigenvalue weighted by Crippen LogP contribution is 2.21. The Balaban J connectivity index is 2.44. The summed E-state index contributed by atoms with van der Waals surface area (Å²) in [6.45, 7) is 8.26. The maximum absolute atomic E-state index is 12.2. The van der Waals surface area contributed by atoms with Gasteiger partial charge >= 0.3 is 0 Å². The lowest BCUT2D eigenvalue weighted by atomic mass is 9.97. The number of piperidine rings is 1. The lowest BCUT2D eigenvalue weighted by Gasteiger charge is -2.39. The summed E-state index contributed by atoms with van der Waals surface area (Å²) in [5.74, 6) is 0.748. The van der Waals surface area contributed by atoms with Gasteiger partial charge in [-0.3, -0.25) is 9.69 Å². The number of aliphatic hydroxyl groups is 1. The van der Waals surface area contributed by atoms with Gasteiger partial charge in [0.25, 0.3) is 0 Å². The first-order valence-corrected chi connectivity index (χ1v) is 7.70. The topological polar surface area (TPSA) is 52.6 Å². The van der Waals surface area contributed by atoms with Gasteiger partial charge in [-0.05, 0) is 45.1 Å². The Morgan fingerprint density at radius 3 is 2.74 bits per heavy atom. The maximum atomic E-state index is 12.2. The molecule has 0 aromatic heterocycles. The second-order valence-corrected chi connectivity index (χ2v) is 6.05. The number of likely N-dealkylation sites (tertiary alicyclic amines) is 1. The number of carbonyl (C=O) groups is 1. The lowest BCUT2D eigenvalue weighted by molar-refractivity contribution is -0.127. The standard InChI is InChI=1S/C15H30N2O2/c1-12(2)7-9-16-15(19)13(3)17-10-5-4-6-14(17)8-11-18/h12-14,18H,4-11H2,1-3H3,(H,16,19). The van der Waals surface area contributed by atoms with E-state index in [1.807, 2.05) is 6.92 Å².